The predicted octanol–water partition coefficient (Wildman–Crippen LogP) is -1.10. The monoisotopic (exact) mass is 532 g/mol. The lowest BCUT2D eigenvalue weighted by Gasteiger charge is -2.26. The second-order valence-electron chi connectivity index (χ2n) is 9.05. The molecule has 0 aliphatic heterocycles. The van der Waals surface area contributed by atoms with E-state index in [1.165, 1.54) is 24.7 Å². The Labute approximate surface area is 218 Å². The van der Waals surface area contributed by atoms with E-state index in [1.54, 1.807) is 26.0 Å². The fourth-order valence-corrected chi connectivity index (χ4v) is 3.51. The van der Waals surface area contributed by atoms with Gasteiger partial charge in [-0.1, -0.05) is 26.0 Å². The predicted molar refractivity (Wildman–Crippen MR) is 133 cm³/mol. The molecule has 14 heteroatoms. The Morgan fingerprint density at radius 1 is 0.921 bits per heavy atom. The highest BCUT2D eigenvalue weighted by atomic mass is 16.4. The summed E-state index contributed by atoms with van der Waals surface area (Å²) in [5.41, 5.74) is 7.23. The van der Waals surface area contributed by atoms with Gasteiger partial charge in [0.15, 0.2) is 0 Å². The number of amides is 3. The van der Waals surface area contributed by atoms with E-state index in [1.807, 2.05) is 0 Å². The standard InChI is InChI=1S/C24H32N6O8/c1-12(2)20(23(36)29-18(24(37)38)9-19(32)33)30-22(35)17(8-14-10-26-11-27-14)28-21(34)16(25)7-13-3-5-15(31)6-4-13/h3-6,10-12,16-18,20,31H,7-9,25H2,1-2H3,(H,26,27)(H,28,34)(H,29,36)(H,30,35)(H,32,33)(H,37,38). The van der Waals surface area contributed by atoms with E-state index in [9.17, 15) is 34.2 Å². The summed E-state index contributed by atoms with van der Waals surface area (Å²) in [7, 11) is 0. The number of aromatic nitrogens is 2. The number of nitrogens with one attached hydrogen (secondary N) is 4. The average Bonchev–Trinajstić information content (AvgIpc) is 3.35. The van der Waals surface area contributed by atoms with Gasteiger partial charge in [-0.15, -0.1) is 0 Å². The van der Waals surface area contributed by atoms with Gasteiger partial charge in [0.1, 0.15) is 23.9 Å². The maximum atomic E-state index is 13.2. The van der Waals surface area contributed by atoms with Crippen LogP contribution in [0.1, 0.15) is 31.5 Å². The van der Waals surface area contributed by atoms with E-state index in [-0.39, 0.29) is 18.6 Å². The summed E-state index contributed by atoms with van der Waals surface area (Å²) >= 11 is 0. The number of aromatic amines is 1. The lowest BCUT2D eigenvalue weighted by Crippen LogP contribution is -2.59. The molecule has 38 heavy (non-hydrogen) atoms. The third-order valence-electron chi connectivity index (χ3n) is 5.58. The van der Waals surface area contributed by atoms with E-state index in [0.717, 1.165) is 0 Å². The Balaban J connectivity index is 2.16. The van der Waals surface area contributed by atoms with Gasteiger partial charge in [-0.2, -0.15) is 0 Å². The largest absolute Gasteiger partial charge is 0.508 e. The van der Waals surface area contributed by atoms with Crippen LogP contribution >= 0.6 is 0 Å². The minimum absolute atomic E-state index is 0.0211. The lowest BCUT2D eigenvalue weighted by atomic mass is 10.0. The van der Waals surface area contributed by atoms with E-state index in [0.29, 0.717) is 11.3 Å². The van der Waals surface area contributed by atoms with Crippen LogP contribution in [0, 0.1) is 5.92 Å². The van der Waals surface area contributed by atoms with Crippen LogP contribution in [0.2, 0.25) is 0 Å². The summed E-state index contributed by atoms with van der Waals surface area (Å²) in [5, 5.41) is 34.8. The molecule has 0 saturated heterocycles. The second-order valence-corrected chi connectivity index (χ2v) is 9.05. The van der Waals surface area contributed by atoms with Crippen molar-refractivity contribution in [2.45, 2.75) is 57.3 Å². The van der Waals surface area contributed by atoms with Crippen molar-refractivity contribution < 1.29 is 39.3 Å². The van der Waals surface area contributed by atoms with E-state index in [2.05, 4.69) is 25.9 Å². The van der Waals surface area contributed by atoms with Crippen molar-refractivity contribution in [2.75, 3.05) is 0 Å². The minimum Gasteiger partial charge on any atom is -0.508 e. The van der Waals surface area contributed by atoms with Crippen LogP contribution in [0.3, 0.4) is 0 Å². The van der Waals surface area contributed by atoms with Crippen molar-refractivity contribution in [1.29, 1.82) is 0 Å². The van der Waals surface area contributed by atoms with Crippen LogP contribution in [0.15, 0.2) is 36.8 Å². The Hall–Kier alpha value is -4.46. The van der Waals surface area contributed by atoms with Crippen LogP contribution in [0.5, 0.6) is 5.75 Å². The molecule has 2 aromatic rings. The number of hydrogen-bond donors (Lipinski definition) is 8. The van der Waals surface area contributed by atoms with Crippen LogP contribution < -0.4 is 21.7 Å². The topological polar surface area (TPSA) is 237 Å². The van der Waals surface area contributed by atoms with Gasteiger partial charge in [-0.05, 0) is 30.0 Å². The second kappa shape index (κ2) is 13.7. The molecule has 0 spiro atoms. The molecule has 1 aromatic carbocycles. The van der Waals surface area contributed by atoms with Gasteiger partial charge in [-0.3, -0.25) is 19.2 Å². The van der Waals surface area contributed by atoms with Gasteiger partial charge in [0.25, 0.3) is 0 Å². The van der Waals surface area contributed by atoms with Crippen molar-refractivity contribution in [1.82, 2.24) is 25.9 Å². The molecule has 4 atom stereocenters. The molecule has 0 aliphatic carbocycles. The Kier molecular flexibility index (Phi) is 10.8. The van der Waals surface area contributed by atoms with Crippen molar-refractivity contribution in [3.8, 4) is 5.75 Å². The maximum absolute atomic E-state index is 13.2. The zero-order valence-electron chi connectivity index (χ0n) is 20.9. The molecule has 9 N–H and O–H groups in total. The molecule has 0 aliphatic rings. The van der Waals surface area contributed by atoms with E-state index >= 15 is 0 Å². The quantitative estimate of drug-likeness (QED) is 0.146. The number of benzene rings is 1. The maximum Gasteiger partial charge on any atom is 0.326 e. The normalized spacial score (nSPS) is 14.1. The zero-order valence-corrected chi connectivity index (χ0v) is 20.9. The van der Waals surface area contributed by atoms with Crippen LogP contribution in [0.4, 0.5) is 0 Å². The summed E-state index contributed by atoms with van der Waals surface area (Å²) in [4.78, 5) is 67.9. The van der Waals surface area contributed by atoms with Gasteiger partial charge in [0.2, 0.25) is 17.7 Å². The number of phenols is 1. The van der Waals surface area contributed by atoms with Crippen molar-refractivity contribution in [2.24, 2.45) is 11.7 Å². The Morgan fingerprint density at radius 2 is 1.55 bits per heavy atom. The zero-order chi connectivity index (χ0) is 28.4. The number of phenolic OH excluding ortho intramolecular Hbond substituents is 1. The molecule has 1 aromatic heterocycles. The third-order valence-corrected chi connectivity index (χ3v) is 5.58. The molecule has 0 fully saturated rings. The van der Waals surface area contributed by atoms with Crippen LogP contribution in [0.25, 0.3) is 0 Å². The highest BCUT2D eigenvalue weighted by Gasteiger charge is 2.33. The molecular weight excluding hydrogens is 500 g/mol. The molecule has 2 rings (SSSR count). The third kappa shape index (κ3) is 9.20. The first-order valence-corrected chi connectivity index (χ1v) is 11.7. The van der Waals surface area contributed by atoms with Gasteiger partial charge in [-0.25, -0.2) is 9.78 Å². The van der Waals surface area contributed by atoms with Crippen molar-refractivity contribution in [3.63, 3.8) is 0 Å². The van der Waals surface area contributed by atoms with E-state index in [4.69, 9.17) is 10.8 Å². The number of aliphatic carboxylic acids is 2. The number of carbonyl (C=O) groups is 5. The minimum atomic E-state index is -1.70. The molecular formula is C24H32N6O8. The fourth-order valence-electron chi connectivity index (χ4n) is 3.51. The summed E-state index contributed by atoms with van der Waals surface area (Å²) in [5.74, 6) is -5.70. The van der Waals surface area contributed by atoms with Gasteiger partial charge in [0.05, 0.1) is 18.8 Å². The molecule has 0 radical (unpaired) electrons. The Bertz CT molecular complexity index is 1120. The van der Waals surface area contributed by atoms with Gasteiger partial charge >= 0.3 is 11.9 Å². The summed E-state index contributed by atoms with van der Waals surface area (Å²) in [6, 6.07) is 0.982. The first-order chi connectivity index (χ1) is 17.9. The molecule has 4 unspecified atom stereocenters. The first-order valence-electron chi connectivity index (χ1n) is 11.7. The number of rotatable bonds is 14. The lowest BCUT2D eigenvalue weighted by molar-refractivity contribution is -0.147. The molecule has 0 saturated carbocycles. The molecule has 1 heterocycles. The number of imidazole rings is 1. The Morgan fingerprint density at radius 3 is 2.08 bits per heavy atom. The molecule has 0 bridgehead atoms. The first kappa shape index (κ1) is 29.8. The average molecular weight is 533 g/mol. The van der Waals surface area contributed by atoms with Gasteiger partial charge in [0, 0.05) is 18.3 Å². The summed E-state index contributed by atoms with van der Waals surface area (Å²) in [6.45, 7) is 3.21. The molecule has 3 amide bonds. The van der Waals surface area contributed by atoms with Crippen molar-refractivity contribution >= 4 is 29.7 Å². The van der Waals surface area contributed by atoms with Gasteiger partial charge < -0.3 is 42.0 Å². The molecule has 206 valence electrons. The number of nitrogens with two attached hydrogens (primary N) is 1. The van der Waals surface area contributed by atoms with Crippen LogP contribution in [-0.4, -0.2) is 79.1 Å². The number of carboxylic acid groups (broad SMARTS) is 2. The van der Waals surface area contributed by atoms with Crippen molar-refractivity contribution in [3.05, 3.63) is 48.0 Å². The number of H-pyrrole nitrogens is 1. The molecule has 14 nitrogen and oxygen atoms in total. The number of nitrogens with zero attached hydrogens (tertiary/aromatic N) is 1. The van der Waals surface area contributed by atoms with E-state index < -0.39 is 66.2 Å². The summed E-state index contributed by atoms with van der Waals surface area (Å²) in [6.07, 6.45) is 2.10. The SMILES string of the molecule is CC(C)C(NC(=O)C(Cc1cnc[nH]1)NC(=O)C(N)Cc1ccc(O)cc1)C(=O)NC(CC(=O)O)C(=O)O. The smallest absolute Gasteiger partial charge is 0.326 e. The fraction of sp³-hybridized carbons (Fsp3) is 0.417. The highest BCUT2D eigenvalue weighted by molar-refractivity contribution is 5.95. The highest BCUT2D eigenvalue weighted by Crippen LogP contribution is 2.11. The number of carbonyl (C=O) groups excluding carboxylic acids is 3. The summed E-state index contributed by atoms with van der Waals surface area (Å²) < 4.78 is 0. The van der Waals surface area contributed by atoms with Crippen LogP contribution in [-0.2, 0) is 36.8 Å². The number of carboxylic acids is 2. The number of hydrogen-bond acceptors (Lipinski definition) is 8. The number of aromatic hydroxyl groups is 1.